The van der Waals surface area contributed by atoms with Crippen LogP contribution >= 0.6 is 0 Å². The van der Waals surface area contributed by atoms with E-state index in [1.54, 1.807) is 0 Å². The molecule has 90 valence electrons. The number of hydrogen-bond acceptors (Lipinski definition) is 3. The van der Waals surface area contributed by atoms with Crippen LogP contribution in [0.2, 0.25) is 0 Å². The number of carbonyl (C=O) groups is 1. The van der Waals surface area contributed by atoms with Crippen molar-refractivity contribution < 1.29 is 14.3 Å². The van der Waals surface area contributed by atoms with Crippen molar-refractivity contribution in [1.82, 2.24) is 0 Å². The fraction of sp³-hybridized carbons (Fsp3) is 0.769. The molecule has 0 bridgehead atoms. The summed E-state index contributed by atoms with van der Waals surface area (Å²) < 4.78 is 10.4. The van der Waals surface area contributed by atoms with E-state index >= 15 is 0 Å². The van der Waals surface area contributed by atoms with Crippen LogP contribution in [0, 0.1) is 11.8 Å². The molecule has 0 aromatic rings. The van der Waals surface area contributed by atoms with Gasteiger partial charge in [0.1, 0.15) is 11.9 Å². The third kappa shape index (κ3) is 2.23. The quantitative estimate of drug-likeness (QED) is 0.638. The van der Waals surface area contributed by atoms with Crippen LogP contribution in [0.25, 0.3) is 0 Å². The highest BCUT2D eigenvalue weighted by Crippen LogP contribution is 2.36. The summed E-state index contributed by atoms with van der Waals surface area (Å²) in [4.78, 5) is 11.3. The summed E-state index contributed by atoms with van der Waals surface area (Å²) in [5.74, 6) is 1.49. The third-order valence-corrected chi connectivity index (χ3v) is 3.77. The number of cyclic esters (lactones) is 2. The van der Waals surface area contributed by atoms with Crippen molar-refractivity contribution >= 4 is 6.16 Å². The van der Waals surface area contributed by atoms with Crippen LogP contribution in [0.5, 0.6) is 0 Å². The number of hydrogen-bond donors (Lipinski definition) is 0. The van der Waals surface area contributed by atoms with Crippen LogP contribution in [-0.2, 0) is 9.47 Å². The minimum atomic E-state index is -0.526. The SMILES string of the molecule is C/C=C1\OC(=O)O[C@@H](C2CCCCC2)[C@@H]1C. The fourth-order valence-corrected chi connectivity index (χ4v) is 2.88. The van der Waals surface area contributed by atoms with Crippen LogP contribution in [0.3, 0.4) is 0 Å². The highest BCUT2D eigenvalue weighted by molar-refractivity contribution is 5.63. The maximum absolute atomic E-state index is 11.3. The standard InChI is InChI=1S/C13H20O3/c1-3-11-9(2)12(16-13(14)15-11)10-7-5-4-6-8-10/h3,9-10,12H,4-8H2,1-2H3/b11-3-/t9-,12-/m1/s1. The monoisotopic (exact) mass is 224 g/mol. The van der Waals surface area contributed by atoms with Crippen LogP contribution in [0.1, 0.15) is 46.0 Å². The van der Waals surface area contributed by atoms with Gasteiger partial charge in [0.15, 0.2) is 0 Å². The second-order valence-corrected chi connectivity index (χ2v) is 4.81. The zero-order valence-corrected chi connectivity index (χ0v) is 10.1. The van der Waals surface area contributed by atoms with Gasteiger partial charge in [0.2, 0.25) is 0 Å². The van der Waals surface area contributed by atoms with Crippen molar-refractivity contribution in [2.75, 3.05) is 0 Å². The van der Waals surface area contributed by atoms with E-state index in [1.807, 2.05) is 13.0 Å². The van der Waals surface area contributed by atoms with Crippen molar-refractivity contribution in [2.24, 2.45) is 11.8 Å². The maximum Gasteiger partial charge on any atom is 0.513 e. The zero-order chi connectivity index (χ0) is 11.5. The van der Waals surface area contributed by atoms with Gasteiger partial charge in [0, 0.05) is 0 Å². The van der Waals surface area contributed by atoms with E-state index in [9.17, 15) is 4.79 Å². The molecule has 16 heavy (non-hydrogen) atoms. The molecular weight excluding hydrogens is 204 g/mol. The van der Waals surface area contributed by atoms with Crippen LogP contribution in [0.15, 0.2) is 11.8 Å². The predicted octanol–water partition coefficient (Wildman–Crippen LogP) is 3.64. The lowest BCUT2D eigenvalue weighted by Gasteiger charge is -2.37. The molecule has 1 aliphatic heterocycles. The highest BCUT2D eigenvalue weighted by Gasteiger charge is 2.38. The summed E-state index contributed by atoms with van der Waals surface area (Å²) in [6, 6.07) is 0. The van der Waals surface area contributed by atoms with Gasteiger partial charge in [-0.05, 0) is 31.8 Å². The summed E-state index contributed by atoms with van der Waals surface area (Å²) in [5, 5.41) is 0. The Hall–Kier alpha value is -0.990. The number of carbonyl (C=O) groups excluding carboxylic acids is 1. The molecule has 0 unspecified atom stereocenters. The van der Waals surface area contributed by atoms with Crippen LogP contribution < -0.4 is 0 Å². The first kappa shape index (κ1) is 11.5. The molecule has 1 aliphatic carbocycles. The Balaban J connectivity index is 2.09. The van der Waals surface area contributed by atoms with Crippen molar-refractivity contribution in [1.29, 1.82) is 0 Å². The number of rotatable bonds is 1. The normalized spacial score (nSPS) is 34.6. The molecule has 1 saturated heterocycles. The first-order valence-electron chi connectivity index (χ1n) is 6.27. The molecular formula is C13H20O3. The lowest BCUT2D eigenvalue weighted by atomic mass is 9.80. The molecule has 3 nitrogen and oxygen atoms in total. The molecule has 2 aliphatic rings. The number of ether oxygens (including phenoxy) is 2. The van der Waals surface area contributed by atoms with Gasteiger partial charge in [0.05, 0.1) is 5.92 Å². The van der Waals surface area contributed by atoms with E-state index in [2.05, 4.69) is 6.92 Å². The van der Waals surface area contributed by atoms with Crippen LogP contribution in [-0.4, -0.2) is 12.3 Å². The van der Waals surface area contributed by atoms with Gasteiger partial charge in [-0.1, -0.05) is 26.2 Å². The van der Waals surface area contributed by atoms with Gasteiger partial charge >= 0.3 is 6.16 Å². The van der Waals surface area contributed by atoms with Crippen molar-refractivity contribution in [2.45, 2.75) is 52.1 Å². The molecule has 0 radical (unpaired) electrons. The Morgan fingerprint density at radius 1 is 1.25 bits per heavy atom. The Labute approximate surface area is 96.8 Å². The first-order chi connectivity index (χ1) is 7.72. The number of allylic oxidation sites excluding steroid dienone is 1. The first-order valence-corrected chi connectivity index (χ1v) is 6.27. The Morgan fingerprint density at radius 3 is 2.56 bits per heavy atom. The molecule has 2 rings (SSSR count). The molecule has 0 amide bonds. The molecule has 3 heteroatoms. The molecule has 2 atom stereocenters. The van der Waals surface area contributed by atoms with E-state index < -0.39 is 6.16 Å². The van der Waals surface area contributed by atoms with Gasteiger partial charge in [-0.15, -0.1) is 0 Å². The second kappa shape index (κ2) is 4.89. The van der Waals surface area contributed by atoms with E-state index in [4.69, 9.17) is 9.47 Å². The van der Waals surface area contributed by atoms with Gasteiger partial charge in [-0.25, -0.2) is 4.79 Å². The average Bonchev–Trinajstić information content (AvgIpc) is 2.33. The second-order valence-electron chi connectivity index (χ2n) is 4.81. The summed E-state index contributed by atoms with van der Waals surface area (Å²) in [6.45, 7) is 3.99. The minimum Gasteiger partial charge on any atom is -0.430 e. The molecule has 0 aromatic heterocycles. The molecule has 2 fully saturated rings. The summed E-state index contributed by atoms with van der Waals surface area (Å²) in [7, 11) is 0. The molecule has 0 spiro atoms. The lowest BCUT2D eigenvalue weighted by molar-refractivity contribution is -0.0532. The van der Waals surface area contributed by atoms with E-state index in [1.165, 1.54) is 32.1 Å². The Morgan fingerprint density at radius 2 is 1.94 bits per heavy atom. The van der Waals surface area contributed by atoms with Gasteiger partial charge < -0.3 is 9.47 Å². The zero-order valence-electron chi connectivity index (χ0n) is 10.1. The minimum absolute atomic E-state index is 0.0211. The van der Waals surface area contributed by atoms with Gasteiger partial charge in [-0.3, -0.25) is 0 Å². The van der Waals surface area contributed by atoms with E-state index in [0.29, 0.717) is 5.92 Å². The summed E-state index contributed by atoms with van der Waals surface area (Å²) >= 11 is 0. The average molecular weight is 224 g/mol. The van der Waals surface area contributed by atoms with Crippen molar-refractivity contribution in [3.63, 3.8) is 0 Å². The summed E-state index contributed by atoms with van der Waals surface area (Å²) in [5.41, 5.74) is 0. The van der Waals surface area contributed by atoms with Crippen LogP contribution in [0.4, 0.5) is 4.79 Å². The lowest BCUT2D eigenvalue weighted by Crippen LogP contribution is -2.39. The molecule has 0 N–H and O–H groups in total. The maximum atomic E-state index is 11.3. The van der Waals surface area contributed by atoms with Gasteiger partial charge in [-0.2, -0.15) is 0 Å². The molecule has 1 heterocycles. The molecule has 1 saturated carbocycles. The largest absolute Gasteiger partial charge is 0.513 e. The Bertz CT molecular complexity index is 290. The Kier molecular flexibility index (Phi) is 3.52. The predicted molar refractivity (Wildman–Crippen MR) is 60.9 cm³/mol. The van der Waals surface area contributed by atoms with E-state index in [-0.39, 0.29) is 12.0 Å². The topological polar surface area (TPSA) is 35.5 Å². The van der Waals surface area contributed by atoms with Gasteiger partial charge in [0.25, 0.3) is 0 Å². The smallest absolute Gasteiger partial charge is 0.430 e. The third-order valence-electron chi connectivity index (χ3n) is 3.77. The summed E-state index contributed by atoms with van der Waals surface area (Å²) in [6.07, 6.45) is 7.57. The fourth-order valence-electron chi connectivity index (χ4n) is 2.88. The van der Waals surface area contributed by atoms with E-state index in [0.717, 1.165) is 5.76 Å². The van der Waals surface area contributed by atoms with Crippen molar-refractivity contribution in [3.05, 3.63) is 11.8 Å². The molecule has 0 aromatic carbocycles. The van der Waals surface area contributed by atoms with Crippen molar-refractivity contribution in [3.8, 4) is 0 Å². The highest BCUT2D eigenvalue weighted by atomic mass is 16.7.